The van der Waals surface area contributed by atoms with Crippen molar-refractivity contribution in [1.29, 1.82) is 0 Å². The number of carbonyl (C=O) groups is 4. The molecule has 8 N–H and O–H groups in total. The second-order valence-corrected chi connectivity index (χ2v) is 17.1. The van der Waals surface area contributed by atoms with E-state index in [1.54, 1.807) is 26.8 Å². The number of hydrogen-bond donors (Lipinski definition) is 8. The first-order valence-corrected chi connectivity index (χ1v) is 21.5. The van der Waals surface area contributed by atoms with Gasteiger partial charge in [0, 0.05) is 34.8 Å². The normalized spacial score (nSPS) is 42.6. The highest BCUT2D eigenvalue weighted by atomic mass is 16.8. The van der Waals surface area contributed by atoms with Gasteiger partial charge < -0.3 is 88.2 Å². The molecule has 0 aromatic carbocycles. The Bertz CT molecular complexity index is 1840. The molecule has 1 saturated carbocycles. The lowest BCUT2D eigenvalue weighted by Gasteiger charge is -2.42. The molecule has 3 saturated heterocycles. The Morgan fingerprint density at radius 2 is 1.32 bits per heavy atom. The number of fused-ring (bicyclic) bond motifs is 2. The van der Waals surface area contributed by atoms with Gasteiger partial charge in [-0.25, -0.2) is 9.59 Å². The van der Waals surface area contributed by atoms with Crippen LogP contribution in [-0.2, 0) is 66.5 Å². The van der Waals surface area contributed by atoms with Crippen molar-refractivity contribution in [1.82, 2.24) is 0 Å². The van der Waals surface area contributed by atoms with Gasteiger partial charge in [0.1, 0.15) is 54.9 Å². The van der Waals surface area contributed by atoms with Crippen LogP contribution in [0.25, 0.3) is 0 Å². The number of esters is 4. The summed E-state index contributed by atoms with van der Waals surface area (Å²) in [5, 5.41) is 81.5. The lowest BCUT2D eigenvalue weighted by Crippen LogP contribution is -2.60. The van der Waals surface area contributed by atoms with Crippen LogP contribution >= 0.6 is 0 Å². The van der Waals surface area contributed by atoms with Crippen molar-refractivity contribution in [3.05, 3.63) is 47.0 Å². The minimum atomic E-state index is -1.77. The molecule has 1 aliphatic carbocycles. The van der Waals surface area contributed by atoms with Gasteiger partial charge in [0.15, 0.2) is 12.6 Å². The Balaban J connectivity index is 1.16. The van der Waals surface area contributed by atoms with Crippen molar-refractivity contribution in [2.24, 2.45) is 35.5 Å². The van der Waals surface area contributed by atoms with Crippen molar-refractivity contribution < 1.29 is 107 Å². The van der Waals surface area contributed by atoms with Crippen LogP contribution in [0.5, 0.6) is 0 Å². The largest absolute Gasteiger partial charge is 0.468 e. The van der Waals surface area contributed by atoms with E-state index in [1.807, 2.05) is 6.92 Å². The average molecular weight is 929 g/mol. The van der Waals surface area contributed by atoms with Crippen molar-refractivity contribution in [2.45, 2.75) is 127 Å². The maximum absolute atomic E-state index is 14.0. The number of carbonyl (C=O) groups excluding carboxylic acids is 4. The molecular weight excluding hydrogens is 868 g/mol. The summed E-state index contributed by atoms with van der Waals surface area (Å²) in [4.78, 5) is 54.3. The molecule has 5 aliphatic heterocycles. The van der Waals surface area contributed by atoms with E-state index in [9.17, 15) is 60.0 Å². The summed E-state index contributed by atoms with van der Waals surface area (Å²) in [6.45, 7) is 5.28. The van der Waals surface area contributed by atoms with Gasteiger partial charge in [0.05, 0.1) is 70.0 Å². The number of allylic oxidation sites excluding steroid dienone is 2. The fraction of sp³-hybridized carbons (Fsp3) is 0.721. The molecule has 4 fully saturated rings. The van der Waals surface area contributed by atoms with Crippen LogP contribution in [-0.4, -0.2) is 178 Å². The van der Waals surface area contributed by atoms with Gasteiger partial charge >= 0.3 is 23.9 Å². The molecule has 0 bridgehead atoms. The standard InChI is InChI=1S/C43H60O22/c1-6-19-21-9-29(46)57-14-23-17(3)8-26(31(23)18(4)13-58-39(55)25(21)16-60-40(19)64-42-36(52)34(50)32(48)27(11-44)62-42)61-30(47)10-22-20(7-2)41(59-15-24(22)38(54)56-5)65-43-37(53)35(51)33(49)28(12-45)63-43/h6-7,15-18,21-23,26-28,31-37,40-45,48-53H,8-14H2,1-5H3/b19-6+,20-7+/t17-,18?,21-,22-,23+,26?,27+,28+,31?,32+,33+,34-,35-,36+,37+,40-,41-,42-,43-/m0/s1. The third kappa shape index (κ3) is 10.6. The number of ether oxygens (including phenoxy) is 10. The Hall–Kier alpha value is -4.04. The second-order valence-electron chi connectivity index (χ2n) is 17.1. The topological polar surface area (TPSA) is 322 Å². The minimum absolute atomic E-state index is 0.0460. The Labute approximate surface area is 373 Å². The second kappa shape index (κ2) is 21.7. The molecule has 5 heterocycles. The van der Waals surface area contributed by atoms with E-state index in [-0.39, 0.29) is 53.8 Å². The van der Waals surface area contributed by atoms with Crippen LogP contribution in [0, 0.1) is 35.5 Å². The van der Waals surface area contributed by atoms with Gasteiger partial charge in [-0.05, 0) is 32.1 Å². The van der Waals surface area contributed by atoms with E-state index in [2.05, 4.69) is 0 Å². The zero-order valence-electron chi connectivity index (χ0n) is 36.5. The van der Waals surface area contributed by atoms with Gasteiger partial charge in [-0.2, -0.15) is 0 Å². The highest BCUT2D eigenvalue weighted by Crippen LogP contribution is 2.45. The highest BCUT2D eigenvalue weighted by molar-refractivity contribution is 5.91. The van der Waals surface area contributed by atoms with E-state index >= 15 is 0 Å². The van der Waals surface area contributed by atoms with Gasteiger partial charge in [-0.1, -0.05) is 26.0 Å². The molecule has 22 heteroatoms. The first kappa shape index (κ1) is 50.4. The van der Waals surface area contributed by atoms with Crippen LogP contribution in [0.2, 0.25) is 0 Å². The van der Waals surface area contributed by atoms with Crippen LogP contribution in [0.15, 0.2) is 47.0 Å². The van der Waals surface area contributed by atoms with E-state index in [0.717, 1.165) is 19.6 Å². The molecule has 0 spiro atoms. The van der Waals surface area contributed by atoms with Crippen molar-refractivity contribution >= 4 is 23.9 Å². The summed E-state index contributed by atoms with van der Waals surface area (Å²) < 4.78 is 56.9. The molecule has 0 aromatic heterocycles. The van der Waals surface area contributed by atoms with Crippen molar-refractivity contribution in [2.75, 3.05) is 33.5 Å². The van der Waals surface area contributed by atoms with Gasteiger partial charge in [-0.3, -0.25) is 9.59 Å². The van der Waals surface area contributed by atoms with Crippen molar-refractivity contribution in [3.8, 4) is 0 Å². The van der Waals surface area contributed by atoms with E-state index in [4.69, 9.17) is 47.4 Å². The average Bonchev–Trinajstić information content (AvgIpc) is 3.60. The Morgan fingerprint density at radius 3 is 1.88 bits per heavy atom. The summed E-state index contributed by atoms with van der Waals surface area (Å²) in [5.74, 6) is -6.59. The molecule has 0 aromatic rings. The first-order chi connectivity index (χ1) is 31.0. The predicted octanol–water partition coefficient (Wildman–Crippen LogP) is -1.90. The monoisotopic (exact) mass is 928 g/mol. The molecule has 6 rings (SSSR count). The molecule has 65 heavy (non-hydrogen) atoms. The van der Waals surface area contributed by atoms with Gasteiger partial charge in [0.2, 0.25) is 12.6 Å². The molecule has 22 nitrogen and oxygen atoms in total. The SMILES string of the molecule is C/C=C1/[C@H](O[C@@H]2O[C@H](CO)[C@@H](O)[C@H](O)[C@H]2O)OC=C(C(=O)OC)[C@H]1CC(=O)OC1C[C@H](C)[C@H]2COC(=O)C[C@@H]3C(=CO[C@@H](O[C@@H]4O[C@H](CO)[C@@H](O)[C@H](O)[C@H]4O)/C3=C/C)C(=O)OCC(C)C12. The molecule has 364 valence electrons. The first-order valence-electron chi connectivity index (χ1n) is 21.5. The number of rotatable bonds is 10. The molecule has 6 aliphatic rings. The molecule has 19 atom stereocenters. The number of aliphatic hydroxyl groups is 8. The lowest BCUT2D eigenvalue weighted by molar-refractivity contribution is -0.327. The van der Waals surface area contributed by atoms with E-state index < -0.39 is 147 Å². The maximum Gasteiger partial charge on any atom is 0.337 e. The quantitative estimate of drug-likeness (QED) is 0.0674. The van der Waals surface area contributed by atoms with Crippen LogP contribution in [0.3, 0.4) is 0 Å². The zero-order chi connectivity index (χ0) is 47.4. The number of methoxy groups -OCH3 is 1. The Kier molecular flexibility index (Phi) is 16.8. The summed E-state index contributed by atoms with van der Waals surface area (Å²) in [5.41, 5.74) is 0.384. The third-order valence-corrected chi connectivity index (χ3v) is 13.1. The molecule has 0 radical (unpaired) electrons. The number of cyclic esters (lactones) is 2. The third-order valence-electron chi connectivity index (χ3n) is 13.1. The van der Waals surface area contributed by atoms with Crippen LogP contribution in [0.4, 0.5) is 0 Å². The smallest absolute Gasteiger partial charge is 0.337 e. The molecule has 0 amide bonds. The summed E-state index contributed by atoms with van der Waals surface area (Å²) in [6, 6.07) is 0. The lowest BCUT2D eigenvalue weighted by atomic mass is 9.81. The highest BCUT2D eigenvalue weighted by Gasteiger charge is 2.51. The predicted molar refractivity (Wildman–Crippen MR) is 213 cm³/mol. The summed E-state index contributed by atoms with van der Waals surface area (Å²) in [6.07, 6.45) is -14.8. The number of hydrogen-bond acceptors (Lipinski definition) is 22. The molecule has 3 unspecified atom stereocenters. The zero-order valence-corrected chi connectivity index (χ0v) is 36.5. The van der Waals surface area contributed by atoms with E-state index in [0.29, 0.717) is 6.42 Å². The minimum Gasteiger partial charge on any atom is -0.468 e. The fourth-order valence-corrected chi connectivity index (χ4v) is 9.48. The summed E-state index contributed by atoms with van der Waals surface area (Å²) >= 11 is 0. The molecular formula is C43H60O22. The summed E-state index contributed by atoms with van der Waals surface area (Å²) in [7, 11) is 1.14. The van der Waals surface area contributed by atoms with E-state index in [1.165, 1.54) is 6.08 Å². The van der Waals surface area contributed by atoms with Crippen LogP contribution < -0.4 is 0 Å². The van der Waals surface area contributed by atoms with Crippen LogP contribution in [0.1, 0.15) is 47.0 Å². The maximum atomic E-state index is 14.0. The van der Waals surface area contributed by atoms with Gasteiger partial charge in [0.25, 0.3) is 0 Å². The Morgan fingerprint density at radius 1 is 0.754 bits per heavy atom. The fourth-order valence-electron chi connectivity index (χ4n) is 9.48. The number of aliphatic hydroxyl groups excluding tert-OH is 8. The van der Waals surface area contributed by atoms with Gasteiger partial charge in [-0.15, -0.1) is 0 Å². The van der Waals surface area contributed by atoms with Crippen molar-refractivity contribution in [3.63, 3.8) is 0 Å².